The fraction of sp³-hybridized carbons (Fsp3) is 0.353. The number of halogens is 1. The summed E-state index contributed by atoms with van der Waals surface area (Å²) in [5.74, 6) is 0. The summed E-state index contributed by atoms with van der Waals surface area (Å²) in [6, 6.07) is 10.3. The van der Waals surface area contributed by atoms with Crippen molar-refractivity contribution in [3.8, 4) is 0 Å². The Bertz CT molecular complexity index is 557. The van der Waals surface area contributed by atoms with E-state index in [9.17, 15) is 0 Å². The lowest BCUT2D eigenvalue weighted by atomic mass is 10.1. The van der Waals surface area contributed by atoms with Crippen molar-refractivity contribution in [3.05, 3.63) is 58.9 Å². The van der Waals surface area contributed by atoms with Crippen molar-refractivity contribution < 1.29 is 0 Å². The molecule has 0 spiro atoms. The van der Waals surface area contributed by atoms with Gasteiger partial charge in [-0.3, -0.25) is 4.98 Å². The van der Waals surface area contributed by atoms with Gasteiger partial charge in [-0.25, -0.2) is 0 Å². The molecule has 3 nitrogen and oxygen atoms in total. The highest BCUT2D eigenvalue weighted by molar-refractivity contribution is 6.31. The van der Waals surface area contributed by atoms with Crippen LogP contribution in [0.4, 0.5) is 5.69 Å². The monoisotopic (exact) mass is 303 g/mol. The Morgan fingerprint density at radius 2 is 2.14 bits per heavy atom. The largest absolute Gasteiger partial charge is 0.370 e. The molecular formula is C17H22ClN3. The van der Waals surface area contributed by atoms with Gasteiger partial charge >= 0.3 is 0 Å². The highest BCUT2D eigenvalue weighted by Gasteiger charge is 2.06. The second kappa shape index (κ2) is 8.01. The van der Waals surface area contributed by atoms with E-state index in [1.54, 1.807) is 6.20 Å². The maximum absolute atomic E-state index is 6.38. The second-order valence-electron chi connectivity index (χ2n) is 5.17. The zero-order valence-electron chi connectivity index (χ0n) is 12.6. The molecule has 0 atom stereocenters. The third-order valence-corrected chi connectivity index (χ3v) is 3.71. The molecule has 2 rings (SSSR count). The smallest absolute Gasteiger partial charge is 0.0471 e. The van der Waals surface area contributed by atoms with Gasteiger partial charge < -0.3 is 10.2 Å². The maximum atomic E-state index is 6.38. The Morgan fingerprint density at radius 3 is 2.81 bits per heavy atom. The summed E-state index contributed by atoms with van der Waals surface area (Å²) < 4.78 is 0. The number of nitrogens with one attached hydrogen (secondary N) is 1. The second-order valence-corrected chi connectivity index (χ2v) is 5.58. The van der Waals surface area contributed by atoms with E-state index in [-0.39, 0.29) is 0 Å². The van der Waals surface area contributed by atoms with E-state index in [0.29, 0.717) is 0 Å². The van der Waals surface area contributed by atoms with Crippen LogP contribution in [0.3, 0.4) is 0 Å². The standard InChI is InChI=1S/C17H22ClN3/c1-3-8-19-12-15-6-7-16(10-17(15)18)21(2)13-14-5-4-9-20-11-14/h4-7,9-11,19H,3,8,12-13H2,1-2H3. The van der Waals surface area contributed by atoms with Crippen LogP contribution in [-0.2, 0) is 13.1 Å². The van der Waals surface area contributed by atoms with E-state index in [0.717, 1.165) is 42.3 Å². The molecule has 4 heteroatoms. The van der Waals surface area contributed by atoms with Crippen molar-refractivity contribution in [2.75, 3.05) is 18.5 Å². The minimum Gasteiger partial charge on any atom is -0.370 e. The molecule has 0 bridgehead atoms. The van der Waals surface area contributed by atoms with Crippen molar-refractivity contribution in [2.45, 2.75) is 26.4 Å². The van der Waals surface area contributed by atoms with Gasteiger partial charge in [0, 0.05) is 43.2 Å². The minimum absolute atomic E-state index is 0.814. The first-order valence-electron chi connectivity index (χ1n) is 7.30. The first kappa shape index (κ1) is 15.8. The summed E-state index contributed by atoms with van der Waals surface area (Å²) in [5.41, 5.74) is 3.44. The number of nitrogens with zero attached hydrogens (tertiary/aromatic N) is 2. The first-order chi connectivity index (χ1) is 10.2. The Hall–Kier alpha value is -1.58. The molecule has 0 aliphatic heterocycles. The van der Waals surface area contributed by atoms with Crippen LogP contribution in [0, 0.1) is 0 Å². The topological polar surface area (TPSA) is 28.2 Å². The zero-order valence-corrected chi connectivity index (χ0v) is 13.4. The van der Waals surface area contributed by atoms with E-state index in [2.05, 4.69) is 47.4 Å². The third kappa shape index (κ3) is 4.73. The van der Waals surface area contributed by atoms with Gasteiger partial charge in [-0.2, -0.15) is 0 Å². The molecule has 1 aromatic heterocycles. The van der Waals surface area contributed by atoms with Gasteiger partial charge in [0.1, 0.15) is 0 Å². The van der Waals surface area contributed by atoms with Crippen LogP contribution >= 0.6 is 11.6 Å². The molecule has 112 valence electrons. The number of rotatable bonds is 7. The van der Waals surface area contributed by atoms with Crippen molar-refractivity contribution in [1.82, 2.24) is 10.3 Å². The van der Waals surface area contributed by atoms with Crippen molar-refractivity contribution in [1.29, 1.82) is 0 Å². The van der Waals surface area contributed by atoms with E-state index < -0.39 is 0 Å². The Labute approximate surface area is 132 Å². The van der Waals surface area contributed by atoms with Gasteiger partial charge in [-0.15, -0.1) is 0 Å². The lowest BCUT2D eigenvalue weighted by molar-refractivity contribution is 0.675. The molecule has 0 aliphatic rings. The summed E-state index contributed by atoms with van der Waals surface area (Å²) in [5, 5.41) is 4.19. The molecular weight excluding hydrogens is 282 g/mol. The molecule has 2 aromatic rings. The average molecular weight is 304 g/mol. The zero-order chi connectivity index (χ0) is 15.1. The Morgan fingerprint density at radius 1 is 1.29 bits per heavy atom. The van der Waals surface area contributed by atoms with Crippen molar-refractivity contribution >= 4 is 17.3 Å². The Kier molecular flexibility index (Phi) is 6.03. The molecule has 0 amide bonds. The molecule has 0 saturated carbocycles. The normalized spacial score (nSPS) is 10.6. The van der Waals surface area contributed by atoms with Crippen LogP contribution in [0.1, 0.15) is 24.5 Å². The number of anilines is 1. The number of hydrogen-bond acceptors (Lipinski definition) is 3. The minimum atomic E-state index is 0.814. The van der Waals surface area contributed by atoms with Crippen LogP contribution in [0.5, 0.6) is 0 Å². The van der Waals surface area contributed by atoms with E-state index in [1.165, 1.54) is 5.56 Å². The molecule has 0 radical (unpaired) electrons. The van der Waals surface area contributed by atoms with Gasteiger partial charge in [0.2, 0.25) is 0 Å². The van der Waals surface area contributed by atoms with Gasteiger partial charge in [0.25, 0.3) is 0 Å². The molecule has 1 N–H and O–H groups in total. The van der Waals surface area contributed by atoms with Crippen LogP contribution in [0.25, 0.3) is 0 Å². The van der Waals surface area contributed by atoms with Crippen molar-refractivity contribution in [2.24, 2.45) is 0 Å². The number of pyridine rings is 1. The average Bonchev–Trinajstić information content (AvgIpc) is 2.50. The summed E-state index contributed by atoms with van der Waals surface area (Å²) in [4.78, 5) is 6.32. The fourth-order valence-corrected chi connectivity index (χ4v) is 2.42. The molecule has 0 aliphatic carbocycles. The van der Waals surface area contributed by atoms with E-state index in [4.69, 9.17) is 11.6 Å². The van der Waals surface area contributed by atoms with Crippen LogP contribution < -0.4 is 10.2 Å². The van der Waals surface area contributed by atoms with Crippen molar-refractivity contribution in [3.63, 3.8) is 0 Å². The Balaban J connectivity index is 2.01. The van der Waals surface area contributed by atoms with E-state index >= 15 is 0 Å². The summed E-state index contributed by atoms with van der Waals surface area (Å²) >= 11 is 6.38. The molecule has 0 saturated heterocycles. The highest BCUT2D eigenvalue weighted by Crippen LogP contribution is 2.24. The summed E-state index contributed by atoms with van der Waals surface area (Å²) in [6.45, 7) is 4.81. The SMILES string of the molecule is CCCNCc1ccc(N(C)Cc2cccnc2)cc1Cl. The van der Waals surface area contributed by atoms with Crippen LogP contribution in [-0.4, -0.2) is 18.6 Å². The molecule has 21 heavy (non-hydrogen) atoms. The lowest BCUT2D eigenvalue weighted by Gasteiger charge is -2.20. The van der Waals surface area contributed by atoms with Gasteiger partial charge in [-0.1, -0.05) is 30.7 Å². The van der Waals surface area contributed by atoms with Crippen LogP contribution in [0.15, 0.2) is 42.7 Å². The van der Waals surface area contributed by atoms with E-state index in [1.807, 2.05) is 18.3 Å². The number of benzene rings is 1. The molecule has 1 heterocycles. The molecule has 1 aromatic carbocycles. The molecule has 0 unspecified atom stereocenters. The molecule has 0 fully saturated rings. The predicted octanol–water partition coefficient (Wildman–Crippen LogP) is 3.87. The maximum Gasteiger partial charge on any atom is 0.0471 e. The summed E-state index contributed by atoms with van der Waals surface area (Å²) in [7, 11) is 2.06. The quantitative estimate of drug-likeness (QED) is 0.787. The van der Waals surface area contributed by atoms with Crippen LogP contribution in [0.2, 0.25) is 5.02 Å². The highest BCUT2D eigenvalue weighted by atomic mass is 35.5. The fourth-order valence-electron chi connectivity index (χ4n) is 2.17. The summed E-state index contributed by atoms with van der Waals surface area (Å²) in [6.07, 6.45) is 4.81. The lowest BCUT2D eigenvalue weighted by Crippen LogP contribution is -2.17. The predicted molar refractivity (Wildman–Crippen MR) is 89.8 cm³/mol. The number of hydrogen-bond donors (Lipinski definition) is 1. The van der Waals surface area contributed by atoms with Gasteiger partial charge in [-0.05, 0) is 42.3 Å². The third-order valence-electron chi connectivity index (χ3n) is 3.36. The van der Waals surface area contributed by atoms with Gasteiger partial charge in [0.15, 0.2) is 0 Å². The first-order valence-corrected chi connectivity index (χ1v) is 7.67. The number of aromatic nitrogens is 1. The van der Waals surface area contributed by atoms with Gasteiger partial charge in [0.05, 0.1) is 0 Å².